The summed E-state index contributed by atoms with van der Waals surface area (Å²) in [4.78, 5) is 22.3. The first-order chi connectivity index (χ1) is 9.90. The average Bonchev–Trinajstić information content (AvgIpc) is 2.80. The molecule has 0 bridgehead atoms. The van der Waals surface area contributed by atoms with E-state index >= 15 is 0 Å². The van der Waals surface area contributed by atoms with Crippen LogP contribution in [0.3, 0.4) is 0 Å². The molecule has 3 atom stereocenters. The van der Waals surface area contributed by atoms with Gasteiger partial charge >= 0.3 is 11.9 Å². The Labute approximate surface area is 123 Å². The van der Waals surface area contributed by atoms with Gasteiger partial charge in [-0.05, 0) is 18.1 Å². The zero-order valence-corrected chi connectivity index (χ0v) is 11.9. The number of carboxylic acid groups (broad SMARTS) is 2. The fourth-order valence-electron chi connectivity index (χ4n) is 2.96. The predicted octanol–water partition coefficient (Wildman–Crippen LogP) is 1.77. The highest BCUT2D eigenvalue weighted by Crippen LogP contribution is 2.36. The van der Waals surface area contributed by atoms with Crippen LogP contribution in [0, 0.1) is 18.8 Å². The standard InChI is InChI=1S/C16H19NO4/c1-9-4-3-5-11(6-9)10(2)13-8-17-15(16(20)21)12(13)7-14(18)19/h3-6,12-13,15,17H,2,7-8H2,1H3,(H,18,19)(H,20,21)/t12-,13+,15-/m1/s1. The van der Waals surface area contributed by atoms with Gasteiger partial charge in [0.2, 0.25) is 0 Å². The van der Waals surface area contributed by atoms with Crippen molar-refractivity contribution in [3.63, 3.8) is 0 Å². The molecule has 0 saturated carbocycles. The molecular formula is C16H19NO4. The Morgan fingerprint density at radius 3 is 2.67 bits per heavy atom. The quantitative estimate of drug-likeness (QED) is 0.769. The fraction of sp³-hybridized carbons (Fsp3) is 0.375. The van der Waals surface area contributed by atoms with Crippen molar-refractivity contribution >= 4 is 17.5 Å². The van der Waals surface area contributed by atoms with Gasteiger partial charge in [-0.2, -0.15) is 0 Å². The van der Waals surface area contributed by atoms with Gasteiger partial charge in [0, 0.05) is 18.4 Å². The van der Waals surface area contributed by atoms with Crippen LogP contribution in [0.25, 0.3) is 5.57 Å². The molecule has 0 radical (unpaired) electrons. The zero-order chi connectivity index (χ0) is 15.6. The predicted molar refractivity (Wildman–Crippen MR) is 78.9 cm³/mol. The highest BCUT2D eigenvalue weighted by atomic mass is 16.4. The zero-order valence-electron chi connectivity index (χ0n) is 11.9. The SMILES string of the molecule is C=C(c1cccc(C)c1)[C@@H]1CN[C@@H](C(=O)O)[C@@H]1CC(=O)O. The highest BCUT2D eigenvalue weighted by Gasteiger charge is 2.42. The van der Waals surface area contributed by atoms with E-state index in [1.165, 1.54) is 0 Å². The summed E-state index contributed by atoms with van der Waals surface area (Å²) in [5, 5.41) is 21.2. The molecule has 5 nitrogen and oxygen atoms in total. The van der Waals surface area contributed by atoms with Crippen molar-refractivity contribution in [2.75, 3.05) is 6.54 Å². The van der Waals surface area contributed by atoms with E-state index in [0.717, 1.165) is 16.7 Å². The molecule has 1 aromatic carbocycles. The Kier molecular flexibility index (Phi) is 4.43. The minimum absolute atomic E-state index is 0.181. The van der Waals surface area contributed by atoms with Crippen LogP contribution < -0.4 is 5.32 Å². The first kappa shape index (κ1) is 15.3. The maximum atomic E-state index is 11.3. The summed E-state index contributed by atoms with van der Waals surface area (Å²) in [6, 6.07) is 6.94. The molecule has 1 fully saturated rings. The number of carbonyl (C=O) groups is 2. The van der Waals surface area contributed by atoms with Crippen LogP contribution in [-0.4, -0.2) is 34.7 Å². The minimum Gasteiger partial charge on any atom is -0.481 e. The van der Waals surface area contributed by atoms with Gasteiger partial charge in [-0.1, -0.05) is 36.4 Å². The lowest BCUT2D eigenvalue weighted by Gasteiger charge is -2.22. The van der Waals surface area contributed by atoms with Crippen molar-refractivity contribution in [3.8, 4) is 0 Å². The summed E-state index contributed by atoms with van der Waals surface area (Å²) in [5.41, 5.74) is 2.81. The van der Waals surface area contributed by atoms with Crippen molar-refractivity contribution in [2.24, 2.45) is 11.8 Å². The summed E-state index contributed by atoms with van der Waals surface area (Å²) in [7, 11) is 0. The molecular weight excluding hydrogens is 270 g/mol. The molecule has 1 aliphatic rings. The number of hydrogen-bond donors (Lipinski definition) is 3. The second-order valence-corrected chi connectivity index (χ2v) is 5.49. The maximum Gasteiger partial charge on any atom is 0.321 e. The third-order valence-electron chi connectivity index (χ3n) is 4.02. The Bertz CT molecular complexity index is 581. The lowest BCUT2D eigenvalue weighted by atomic mass is 9.80. The van der Waals surface area contributed by atoms with Crippen LogP contribution in [0.2, 0.25) is 0 Å². The lowest BCUT2D eigenvalue weighted by molar-refractivity contribution is -0.142. The Balaban J connectivity index is 2.26. The van der Waals surface area contributed by atoms with Gasteiger partial charge in [0.25, 0.3) is 0 Å². The van der Waals surface area contributed by atoms with E-state index < -0.39 is 23.9 Å². The lowest BCUT2D eigenvalue weighted by Crippen LogP contribution is -2.36. The Morgan fingerprint density at radius 2 is 2.10 bits per heavy atom. The Morgan fingerprint density at radius 1 is 1.38 bits per heavy atom. The molecule has 1 aromatic rings. The van der Waals surface area contributed by atoms with Crippen molar-refractivity contribution in [1.29, 1.82) is 0 Å². The second kappa shape index (κ2) is 6.10. The van der Waals surface area contributed by atoms with Crippen LogP contribution in [0.5, 0.6) is 0 Å². The molecule has 0 aliphatic carbocycles. The minimum atomic E-state index is -1.01. The van der Waals surface area contributed by atoms with Crippen molar-refractivity contribution < 1.29 is 19.8 Å². The number of aliphatic carboxylic acids is 2. The van der Waals surface area contributed by atoms with E-state index in [1.807, 2.05) is 31.2 Å². The second-order valence-electron chi connectivity index (χ2n) is 5.49. The molecule has 5 heteroatoms. The van der Waals surface area contributed by atoms with Crippen molar-refractivity contribution in [2.45, 2.75) is 19.4 Å². The van der Waals surface area contributed by atoms with Gasteiger partial charge in [0.1, 0.15) is 6.04 Å². The summed E-state index contributed by atoms with van der Waals surface area (Å²) in [5.74, 6) is -2.69. The van der Waals surface area contributed by atoms with Crippen LogP contribution in [0.15, 0.2) is 30.8 Å². The molecule has 1 aliphatic heterocycles. The van der Waals surface area contributed by atoms with Crippen LogP contribution in [-0.2, 0) is 9.59 Å². The van der Waals surface area contributed by atoms with Crippen molar-refractivity contribution in [3.05, 3.63) is 42.0 Å². The van der Waals surface area contributed by atoms with Crippen LogP contribution in [0.1, 0.15) is 17.5 Å². The number of aryl methyl sites for hydroxylation is 1. The highest BCUT2D eigenvalue weighted by molar-refractivity contribution is 5.78. The molecule has 0 amide bonds. The summed E-state index contributed by atoms with van der Waals surface area (Å²) in [6.45, 7) is 6.48. The molecule has 1 heterocycles. The van der Waals surface area contributed by atoms with Crippen molar-refractivity contribution in [1.82, 2.24) is 5.32 Å². The number of nitrogens with one attached hydrogen (secondary N) is 1. The number of rotatable bonds is 5. The smallest absolute Gasteiger partial charge is 0.321 e. The van der Waals surface area contributed by atoms with Gasteiger partial charge < -0.3 is 15.5 Å². The summed E-state index contributed by atoms with van der Waals surface area (Å²) in [6.07, 6.45) is -0.181. The van der Waals surface area contributed by atoms with E-state index in [2.05, 4.69) is 11.9 Å². The molecule has 112 valence electrons. The molecule has 2 rings (SSSR count). The fourth-order valence-corrected chi connectivity index (χ4v) is 2.96. The third-order valence-corrected chi connectivity index (χ3v) is 4.02. The van der Waals surface area contributed by atoms with E-state index in [0.29, 0.717) is 6.54 Å². The van der Waals surface area contributed by atoms with Gasteiger partial charge in [-0.3, -0.25) is 9.59 Å². The van der Waals surface area contributed by atoms with E-state index in [1.54, 1.807) is 0 Å². The van der Waals surface area contributed by atoms with Gasteiger partial charge in [-0.25, -0.2) is 0 Å². The van der Waals surface area contributed by atoms with Gasteiger partial charge in [0.05, 0.1) is 6.42 Å². The maximum absolute atomic E-state index is 11.3. The van der Waals surface area contributed by atoms with Gasteiger partial charge in [-0.15, -0.1) is 0 Å². The molecule has 1 saturated heterocycles. The molecule has 0 aromatic heterocycles. The summed E-state index contributed by atoms with van der Waals surface area (Å²) >= 11 is 0. The molecule has 0 spiro atoms. The third kappa shape index (κ3) is 3.31. The molecule has 21 heavy (non-hydrogen) atoms. The van der Waals surface area contributed by atoms with Gasteiger partial charge in [0.15, 0.2) is 0 Å². The first-order valence-electron chi connectivity index (χ1n) is 6.84. The normalized spacial score (nSPS) is 24.7. The van der Waals surface area contributed by atoms with E-state index in [4.69, 9.17) is 5.11 Å². The molecule has 3 N–H and O–H groups in total. The summed E-state index contributed by atoms with van der Waals surface area (Å²) < 4.78 is 0. The first-order valence-corrected chi connectivity index (χ1v) is 6.84. The van der Waals surface area contributed by atoms with Crippen LogP contribution >= 0.6 is 0 Å². The topological polar surface area (TPSA) is 86.6 Å². The largest absolute Gasteiger partial charge is 0.481 e. The number of hydrogen-bond acceptors (Lipinski definition) is 3. The van der Waals surface area contributed by atoms with Crippen LogP contribution in [0.4, 0.5) is 0 Å². The average molecular weight is 289 g/mol. The molecule has 0 unspecified atom stereocenters. The monoisotopic (exact) mass is 289 g/mol. The van der Waals surface area contributed by atoms with E-state index in [9.17, 15) is 14.7 Å². The number of benzene rings is 1. The number of carboxylic acids is 2. The Hall–Kier alpha value is -2.14. The van der Waals surface area contributed by atoms with E-state index in [-0.39, 0.29) is 12.3 Å².